The van der Waals surface area contributed by atoms with Crippen molar-refractivity contribution in [3.05, 3.63) is 38.8 Å². The fourth-order valence-electron chi connectivity index (χ4n) is 1.20. The molecule has 0 unspecified atom stereocenters. The highest BCUT2D eigenvalue weighted by molar-refractivity contribution is 9.28. The van der Waals surface area contributed by atoms with Gasteiger partial charge in [0, 0.05) is 5.56 Å². The normalized spacial score (nSPS) is 14.0. The summed E-state index contributed by atoms with van der Waals surface area (Å²) < 4.78 is 5.69. The third-order valence-electron chi connectivity index (χ3n) is 1.76. The smallest absolute Gasteiger partial charge is 0.344 e. The van der Waals surface area contributed by atoms with Crippen molar-refractivity contribution in [1.29, 1.82) is 0 Å². The molecule has 4 heteroatoms. The lowest BCUT2D eigenvalue weighted by Gasteiger charge is -1.96. The van der Waals surface area contributed by atoms with Crippen LogP contribution in [0.2, 0.25) is 0 Å². The van der Waals surface area contributed by atoms with E-state index in [1.165, 1.54) is 0 Å². The molecule has 0 saturated heterocycles. The Bertz CT molecular complexity index is 406. The maximum absolute atomic E-state index is 11.3. The zero-order valence-corrected chi connectivity index (χ0v) is 9.55. The average molecular weight is 304 g/mol. The molecule has 0 amide bonds. The Labute approximate surface area is 91.8 Å². The van der Waals surface area contributed by atoms with Gasteiger partial charge in [-0.3, -0.25) is 0 Å². The first-order valence-corrected chi connectivity index (χ1v) is 5.15. The molecular weight excluding hydrogens is 300 g/mol. The summed E-state index contributed by atoms with van der Waals surface area (Å²) in [5.41, 5.74) is 1.42. The Morgan fingerprint density at radius 3 is 2.38 bits per heavy atom. The Kier molecular flexibility index (Phi) is 2.26. The van der Waals surface area contributed by atoms with Gasteiger partial charge in [0.2, 0.25) is 0 Å². The summed E-state index contributed by atoms with van der Waals surface area (Å²) in [7, 11) is 0. The molecular formula is C9H4Br2O2. The number of carbonyl (C=O) groups is 1. The molecule has 66 valence electrons. The molecule has 0 fully saturated rings. The molecule has 1 aromatic rings. The number of hydrogen-bond donors (Lipinski definition) is 0. The number of fused-ring (bicyclic) bond motifs is 1. The van der Waals surface area contributed by atoms with E-state index in [0.717, 1.165) is 5.56 Å². The molecule has 0 spiro atoms. The van der Waals surface area contributed by atoms with E-state index < -0.39 is 0 Å². The lowest BCUT2D eigenvalue weighted by Crippen LogP contribution is -1.92. The minimum absolute atomic E-state index is 0.304. The molecule has 0 aromatic heterocycles. The van der Waals surface area contributed by atoms with Crippen molar-refractivity contribution in [1.82, 2.24) is 0 Å². The lowest BCUT2D eigenvalue weighted by atomic mass is 10.1. The molecule has 0 N–H and O–H groups in total. The highest BCUT2D eigenvalue weighted by atomic mass is 79.9. The van der Waals surface area contributed by atoms with E-state index in [9.17, 15) is 4.79 Å². The summed E-state index contributed by atoms with van der Waals surface area (Å²) in [4.78, 5) is 11.3. The first-order valence-electron chi connectivity index (χ1n) is 3.57. The summed E-state index contributed by atoms with van der Waals surface area (Å²) in [5.74, 6) is 0.239. The minimum atomic E-state index is -0.304. The number of rotatable bonds is 0. The van der Waals surface area contributed by atoms with E-state index in [0.29, 0.717) is 14.7 Å². The van der Waals surface area contributed by atoms with Gasteiger partial charge in [-0.2, -0.15) is 0 Å². The number of ether oxygens (including phenoxy) is 1. The van der Waals surface area contributed by atoms with Crippen LogP contribution in [0.1, 0.15) is 15.9 Å². The van der Waals surface area contributed by atoms with Crippen LogP contribution in [0.15, 0.2) is 27.7 Å². The second kappa shape index (κ2) is 3.27. The topological polar surface area (TPSA) is 26.3 Å². The predicted octanol–water partition coefficient (Wildman–Crippen LogP) is 3.27. The van der Waals surface area contributed by atoms with Gasteiger partial charge >= 0.3 is 5.97 Å². The second-order valence-electron chi connectivity index (χ2n) is 2.52. The largest absolute Gasteiger partial charge is 0.420 e. The van der Waals surface area contributed by atoms with Crippen molar-refractivity contribution in [2.45, 2.75) is 0 Å². The van der Waals surface area contributed by atoms with E-state index in [1.807, 2.05) is 18.2 Å². The van der Waals surface area contributed by atoms with Crippen molar-refractivity contribution < 1.29 is 9.53 Å². The molecule has 1 heterocycles. The number of benzene rings is 1. The van der Waals surface area contributed by atoms with Gasteiger partial charge in [-0.1, -0.05) is 18.2 Å². The molecule has 1 aromatic carbocycles. The Morgan fingerprint density at radius 1 is 1.15 bits per heavy atom. The fraction of sp³-hybridized carbons (Fsp3) is 0. The van der Waals surface area contributed by atoms with Crippen LogP contribution in [-0.2, 0) is 4.74 Å². The molecule has 2 nitrogen and oxygen atoms in total. The third-order valence-corrected chi connectivity index (χ3v) is 2.48. The average Bonchev–Trinajstić information content (AvgIpc) is 2.45. The fourth-order valence-corrected chi connectivity index (χ4v) is 1.79. The minimum Gasteiger partial charge on any atom is -0.420 e. The van der Waals surface area contributed by atoms with E-state index in [4.69, 9.17) is 4.74 Å². The van der Waals surface area contributed by atoms with Gasteiger partial charge in [0.05, 0.1) is 5.56 Å². The molecule has 2 rings (SSSR count). The van der Waals surface area contributed by atoms with Crippen molar-refractivity contribution in [2.75, 3.05) is 0 Å². The quantitative estimate of drug-likeness (QED) is 0.688. The van der Waals surface area contributed by atoms with Crippen LogP contribution in [0.25, 0.3) is 5.76 Å². The molecule has 0 radical (unpaired) electrons. The zero-order chi connectivity index (χ0) is 9.42. The number of carbonyl (C=O) groups excluding carboxylic acids is 1. The number of hydrogen-bond acceptors (Lipinski definition) is 2. The first-order chi connectivity index (χ1) is 6.20. The Morgan fingerprint density at radius 2 is 1.77 bits per heavy atom. The predicted molar refractivity (Wildman–Crippen MR) is 56.6 cm³/mol. The number of esters is 1. The zero-order valence-electron chi connectivity index (χ0n) is 6.38. The highest BCUT2D eigenvalue weighted by Crippen LogP contribution is 2.35. The van der Waals surface area contributed by atoms with Crippen molar-refractivity contribution >= 4 is 43.6 Å². The molecule has 0 atom stereocenters. The van der Waals surface area contributed by atoms with Crippen LogP contribution in [-0.4, -0.2) is 5.97 Å². The Hall–Kier alpha value is -0.610. The van der Waals surface area contributed by atoms with Crippen LogP contribution >= 0.6 is 31.9 Å². The molecule has 1 aliphatic heterocycles. The van der Waals surface area contributed by atoms with Gasteiger partial charge in [-0.05, 0) is 37.9 Å². The summed E-state index contributed by atoms with van der Waals surface area (Å²) in [5, 5.41) is 0. The van der Waals surface area contributed by atoms with Crippen molar-refractivity contribution in [2.24, 2.45) is 0 Å². The van der Waals surface area contributed by atoms with Crippen molar-refractivity contribution in [3.63, 3.8) is 0 Å². The van der Waals surface area contributed by atoms with Gasteiger partial charge in [-0.25, -0.2) is 4.79 Å². The van der Waals surface area contributed by atoms with E-state index >= 15 is 0 Å². The third kappa shape index (κ3) is 1.44. The molecule has 0 saturated carbocycles. The number of cyclic esters (lactones) is 1. The van der Waals surface area contributed by atoms with Crippen LogP contribution in [0.5, 0.6) is 0 Å². The van der Waals surface area contributed by atoms with Crippen LogP contribution in [0, 0.1) is 0 Å². The summed E-state index contributed by atoms with van der Waals surface area (Å²) in [6.07, 6.45) is 0. The maximum Gasteiger partial charge on any atom is 0.344 e. The molecule has 0 aliphatic carbocycles. The Balaban J connectivity index is 2.67. The van der Waals surface area contributed by atoms with Gasteiger partial charge in [0.1, 0.15) is 3.39 Å². The maximum atomic E-state index is 11.3. The van der Waals surface area contributed by atoms with Crippen LogP contribution in [0.4, 0.5) is 0 Å². The molecule has 1 aliphatic rings. The summed E-state index contributed by atoms with van der Waals surface area (Å²) in [6.45, 7) is 0. The molecule has 0 bridgehead atoms. The van der Waals surface area contributed by atoms with Crippen molar-refractivity contribution in [3.8, 4) is 0 Å². The van der Waals surface area contributed by atoms with E-state index in [1.54, 1.807) is 6.07 Å². The first kappa shape index (κ1) is 8.97. The van der Waals surface area contributed by atoms with Gasteiger partial charge in [0.25, 0.3) is 0 Å². The van der Waals surface area contributed by atoms with E-state index in [2.05, 4.69) is 31.9 Å². The van der Waals surface area contributed by atoms with Crippen LogP contribution in [0.3, 0.4) is 0 Å². The molecule has 13 heavy (non-hydrogen) atoms. The highest BCUT2D eigenvalue weighted by Gasteiger charge is 2.27. The van der Waals surface area contributed by atoms with E-state index in [-0.39, 0.29) is 5.97 Å². The SMILES string of the molecule is O=C1OC(=C(Br)Br)c2ccccc21. The van der Waals surface area contributed by atoms with Crippen LogP contribution < -0.4 is 0 Å². The van der Waals surface area contributed by atoms with Gasteiger partial charge in [-0.15, -0.1) is 0 Å². The summed E-state index contributed by atoms with van der Waals surface area (Å²) in [6, 6.07) is 7.26. The monoisotopic (exact) mass is 302 g/mol. The second-order valence-corrected chi connectivity index (χ2v) is 5.17. The lowest BCUT2D eigenvalue weighted by molar-refractivity contribution is 0.0716. The number of halogens is 2. The van der Waals surface area contributed by atoms with Gasteiger partial charge < -0.3 is 4.74 Å². The standard InChI is InChI=1S/C9H4Br2O2/c10-8(11)7-5-3-1-2-4-6(5)9(12)13-7/h1-4H. The van der Waals surface area contributed by atoms with Gasteiger partial charge in [0.15, 0.2) is 5.76 Å². The summed E-state index contributed by atoms with van der Waals surface area (Å²) >= 11 is 6.44.